The van der Waals surface area contributed by atoms with E-state index in [1.54, 1.807) is 4.90 Å². The van der Waals surface area contributed by atoms with Crippen LogP contribution in [0.15, 0.2) is 30.5 Å². The van der Waals surface area contributed by atoms with E-state index in [1.165, 1.54) is 0 Å². The molecule has 2 heterocycles. The van der Waals surface area contributed by atoms with E-state index in [0.717, 1.165) is 24.0 Å². The molecule has 1 fully saturated rings. The van der Waals surface area contributed by atoms with Gasteiger partial charge in [0, 0.05) is 55.9 Å². The molecule has 1 aliphatic rings. The van der Waals surface area contributed by atoms with Crippen molar-refractivity contribution < 1.29 is 9.90 Å². The van der Waals surface area contributed by atoms with E-state index in [1.807, 2.05) is 42.1 Å². The van der Waals surface area contributed by atoms with Crippen LogP contribution < -0.4 is 5.32 Å². The molecule has 2 aromatic rings. The molecule has 1 atom stereocenters. The van der Waals surface area contributed by atoms with Crippen molar-refractivity contribution in [1.29, 1.82) is 0 Å². The average molecular weight is 273 g/mol. The lowest BCUT2D eigenvalue weighted by molar-refractivity contribution is -0.141. The molecule has 0 spiro atoms. The highest BCUT2D eigenvalue weighted by molar-refractivity contribution is 5.91. The van der Waals surface area contributed by atoms with Gasteiger partial charge >= 0.3 is 0 Å². The second-order valence-electron chi connectivity index (χ2n) is 5.19. The van der Waals surface area contributed by atoms with Gasteiger partial charge in [0.2, 0.25) is 0 Å². The number of benzene rings is 1. The fourth-order valence-electron chi connectivity index (χ4n) is 2.78. The fourth-order valence-corrected chi connectivity index (χ4v) is 2.78. The number of hydrogen-bond acceptors (Lipinski definition) is 3. The van der Waals surface area contributed by atoms with Crippen LogP contribution in [0, 0.1) is 0 Å². The van der Waals surface area contributed by atoms with Crippen LogP contribution in [0.25, 0.3) is 10.9 Å². The number of aryl methyl sites for hydroxylation is 1. The Morgan fingerprint density at radius 1 is 1.30 bits per heavy atom. The molecule has 1 saturated heterocycles. The molecule has 0 saturated carbocycles. The van der Waals surface area contributed by atoms with Gasteiger partial charge in [0.05, 0.1) is 0 Å². The zero-order valence-electron chi connectivity index (χ0n) is 11.5. The minimum Gasteiger partial charge on any atom is -0.378 e. The Labute approximate surface area is 117 Å². The minimum atomic E-state index is -1.08. The Hall–Kier alpha value is -1.85. The Balaban J connectivity index is 1.92. The number of carbonyl (C=O) groups excluding carboxylic acids is 1. The fraction of sp³-hybridized carbons (Fsp3) is 0.400. The zero-order valence-corrected chi connectivity index (χ0v) is 11.5. The highest BCUT2D eigenvalue weighted by Crippen LogP contribution is 2.27. The largest absolute Gasteiger partial charge is 0.378 e. The van der Waals surface area contributed by atoms with Crippen molar-refractivity contribution in [2.75, 3.05) is 26.2 Å². The van der Waals surface area contributed by atoms with Crippen molar-refractivity contribution in [2.24, 2.45) is 7.05 Å². The van der Waals surface area contributed by atoms with Crippen molar-refractivity contribution in [1.82, 2.24) is 14.8 Å². The number of amides is 1. The summed E-state index contributed by atoms with van der Waals surface area (Å²) in [6.07, 6.45) is 0.759. The third kappa shape index (κ3) is 2.19. The number of nitrogens with zero attached hydrogens (tertiary/aromatic N) is 2. The number of aliphatic hydroxyl groups is 1. The molecule has 0 bridgehead atoms. The maximum absolute atomic E-state index is 12.4. The summed E-state index contributed by atoms with van der Waals surface area (Å²) in [4.78, 5) is 14.1. The van der Waals surface area contributed by atoms with Gasteiger partial charge in [-0.25, -0.2) is 0 Å². The predicted octanol–water partition coefficient (Wildman–Crippen LogP) is 0.644. The number of hydrogen-bond donors (Lipinski definition) is 2. The van der Waals surface area contributed by atoms with Crippen LogP contribution in [0.3, 0.4) is 0 Å². The summed E-state index contributed by atoms with van der Waals surface area (Å²) in [7, 11) is 1.92. The third-order valence-corrected chi connectivity index (χ3v) is 3.88. The first kappa shape index (κ1) is 13.1. The number of aromatic nitrogens is 1. The lowest BCUT2D eigenvalue weighted by Gasteiger charge is -2.29. The average Bonchev–Trinajstić information content (AvgIpc) is 2.84. The first-order valence-corrected chi connectivity index (χ1v) is 6.90. The normalized spacial score (nSPS) is 17.4. The van der Waals surface area contributed by atoms with Gasteiger partial charge in [-0.1, -0.05) is 18.2 Å². The number of nitrogens with one attached hydrogen (secondary N) is 1. The number of para-hydroxylation sites is 1. The van der Waals surface area contributed by atoms with Crippen LogP contribution in [0.2, 0.25) is 0 Å². The smallest absolute Gasteiger partial charge is 0.256 e. The first-order chi connectivity index (χ1) is 9.68. The molecule has 1 unspecified atom stereocenters. The van der Waals surface area contributed by atoms with Crippen molar-refractivity contribution in [3.05, 3.63) is 36.0 Å². The van der Waals surface area contributed by atoms with Crippen LogP contribution in [-0.4, -0.2) is 46.7 Å². The van der Waals surface area contributed by atoms with Crippen LogP contribution >= 0.6 is 0 Å². The third-order valence-electron chi connectivity index (χ3n) is 3.88. The molecule has 3 rings (SSSR count). The van der Waals surface area contributed by atoms with Gasteiger partial charge in [0.1, 0.15) is 0 Å². The summed E-state index contributed by atoms with van der Waals surface area (Å²) < 4.78 is 1.94. The Morgan fingerprint density at radius 2 is 2.00 bits per heavy atom. The lowest BCUT2D eigenvalue weighted by Crippen LogP contribution is -2.48. The summed E-state index contributed by atoms with van der Waals surface area (Å²) in [5, 5.41) is 14.6. The monoisotopic (exact) mass is 273 g/mol. The van der Waals surface area contributed by atoms with Crippen LogP contribution in [0.4, 0.5) is 0 Å². The van der Waals surface area contributed by atoms with Crippen molar-refractivity contribution in [3.8, 4) is 0 Å². The summed E-state index contributed by atoms with van der Waals surface area (Å²) in [5.41, 5.74) is 1.71. The quantitative estimate of drug-likeness (QED) is 0.844. The topological polar surface area (TPSA) is 57.5 Å². The van der Waals surface area contributed by atoms with Gasteiger partial charge in [-0.2, -0.15) is 0 Å². The van der Waals surface area contributed by atoms with Crippen molar-refractivity contribution in [2.45, 2.75) is 6.10 Å². The van der Waals surface area contributed by atoms with E-state index in [9.17, 15) is 9.90 Å². The molecule has 1 aromatic carbocycles. The highest BCUT2D eigenvalue weighted by Gasteiger charge is 2.27. The number of fused-ring (bicyclic) bond motifs is 1. The van der Waals surface area contributed by atoms with E-state index in [-0.39, 0.29) is 5.91 Å². The van der Waals surface area contributed by atoms with Crippen molar-refractivity contribution >= 4 is 16.8 Å². The van der Waals surface area contributed by atoms with Gasteiger partial charge < -0.3 is 19.9 Å². The molecular formula is C15H19N3O2. The number of carbonyl (C=O) groups is 1. The molecule has 1 aliphatic heterocycles. The Morgan fingerprint density at radius 3 is 2.75 bits per heavy atom. The summed E-state index contributed by atoms with van der Waals surface area (Å²) >= 11 is 0. The Kier molecular flexibility index (Phi) is 3.46. The van der Waals surface area contributed by atoms with Crippen LogP contribution in [0.5, 0.6) is 0 Å². The lowest BCUT2D eigenvalue weighted by atomic mass is 10.1. The molecule has 5 nitrogen and oxygen atoms in total. The molecule has 5 heteroatoms. The molecule has 0 aliphatic carbocycles. The van der Waals surface area contributed by atoms with Gasteiger partial charge in [-0.05, 0) is 6.07 Å². The van der Waals surface area contributed by atoms with Gasteiger partial charge in [-0.3, -0.25) is 4.79 Å². The maximum Gasteiger partial charge on any atom is 0.256 e. The summed E-state index contributed by atoms with van der Waals surface area (Å²) in [6, 6.07) is 7.81. The van der Waals surface area contributed by atoms with E-state index < -0.39 is 6.10 Å². The molecule has 20 heavy (non-hydrogen) atoms. The minimum absolute atomic E-state index is 0.206. The number of piperazine rings is 1. The molecule has 0 radical (unpaired) electrons. The SMILES string of the molecule is Cn1cc(C(O)C(=O)N2CCNCC2)c2ccccc21. The molecule has 1 aromatic heterocycles. The van der Waals surface area contributed by atoms with E-state index in [2.05, 4.69) is 5.32 Å². The molecule has 1 amide bonds. The number of aliphatic hydroxyl groups excluding tert-OH is 1. The van der Waals surface area contributed by atoms with Gasteiger partial charge in [0.15, 0.2) is 6.10 Å². The van der Waals surface area contributed by atoms with E-state index in [4.69, 9.17) is 0 Å². The standard InChI is InChI=1S/C15H19N3O2/c1-17-10-12(11-4-2-3-5-13(11)17)14(19)15(20)18-8-6-16-7-9-18/h2-5,10,14,16,19H,6-9H2,1H3. The molecule has 2 N–H and O–H groups in total. The number of rotatable bonds is 2. The summed E-state index contributed by atoms with van der Waals surface area (Å²) in [6.45, 7) is 2.88. The van der Waals surface area contributed by atoms with Gasteiger partial charge in [0.25, 0.3) is 5.91 Å². The van der Waals surface area contributed by atoms with E-state index in [0.29, 0.717) is 18.7 Å². The zero-order chi connectivity index (χ0) is 14.1. The van der Waals surface area contributed by atoms with Crippen LogP contribution in [-0.2, 0) is 11.8 Å². The predicted molar refractivity (Wildman–Crippen MR) is 77.3 cm³/mol. The van der Waals surface area contributed by atoms with E-state index >= 15 is 0 Å². The highest BCUT2D eigenvalue weighted by atomic mass is 16.3. The summed E-state index contributed by atoms with van der Waals surface area (Å²) in [5.74, 6) is -0.206. The first-order valence-electron chi connectivity index (χ1n) is 6.90. The molecular weight excluding hydrogens is 254 g/mol. The molecule has 106 valence electrons. The maximum atomic E-state index is 12.4. The van der Waals surface area contributed by atoms with Gasteiger partial charge in [-0.15, -0.1) is 0 Å². The van der Waals surface area contributed by atoms with Crippen molar-refractivity contribution in [3.63, 3.8) is 0 Å². The Bertz CT molecular complexity index is 629. The second kappa shape index (κ2) is 5.26. The second-order valence-corrected chi connectivity index (χ2v) is 5.19. The van der Waals surface area contributed by atoms with Crippen LogP contribution in [0.1, 0.15) is 11.7 Å².